The number of H-pyrrole nitrogens is 1. The van der Waals surface area contributed by atoms with Gasteiger partial charge < -0.3 is 20.2 Å². The van der Waals surface area contributed by atoms with Crippen LogP contribution in [0.15, 0.2) is 6.07 Å². The van der Waals surface area contributed by atoms with E-state index in [2.05, 4.69) is 19.7 Å². The first-order chi connectivity index (χ1) is 7.65. The quantitative estimate of drug-likeness (QED) is 0.710. The Balaban J connectivity index is 2.64. The zero-order chi connectivity index (χ0) is 11.7. The number of esters is 1. The SMILES string of the molecule is COC(=O)c1cc2c(OC)nc(N)nc2[nH]1. The molecule has 0 saturated carbocycles. The van der Waals surface area contributed by atoms with E-state index in [4.69, 9.17) is 10.5 Å². The van der Waals surface area contributed by atoms with Gasteiger partial charge in [-0.1, -0.05) is 0 Å². The van der Waals surface area contributed by atoms with Crippen LogP contribution in [-0.2, 0) is 4.74 Å². The molecule has 0 radical (unpaired) electrons. The lowest BCUT2D eigenvalue weighted by Crippen LogP contribution is -2.00. The molecular weight excluding hydrogens is 212 g/mol. The van der Waals surface area contributed by atoms with Gasteiger partial charge in [-0.2, -0.15) is 9.97 Å². The highest BCUT2D eigenvalue weighted by molar-refractivity contribution is 5.95. The maximum atomic E-state index is 11.3. The fraction of sp³-hybridized carbons (Fsp3) is 0.222. The summed E-state index contributed by atoms with van der Waals surface area (Å²) in [6.07, 6.45) is 0. The van der Waals surface area contributed by atoms with Crippen molar-refractivity contribution in [2.24, 2.45) is 0 Å². The number of nitrogens with two attached hydrogens (primary N) is 1. The van der Waals surface area contributed by atoms with Crippen LogP contribution in [0.5, 0.6) is 5.88 Å². The normalized spacial score (nSPS) is 10.4. The van der Waals surface area contributed by atoms with Gasteiger partial charge in [-0.3, -0.25) is 0 Å². The number of rotatable bonds is 2. The minimum absolute atomic E-state index is 0.0719. The van der Waals surface area contributed by atoms with Crippen LogP contribution in [0.4, 0.5) is 5.95 Å². The van der Waals surface area contributed by atoms with E-state index in [0.717, 1.165) is 0 Å². The molecule has 0 atom stereocenters. The van der Waals surface area contributed by atoms with Crippen molar-refractivity contribution in [1.29, 1.82) is 0 Å². The van der Waals surface area contributed by atoms with E-state index in [1.165, 1.54) is 14.2 Å². The van der Waals surface area contributed by atoms with Gasteiger partial charge in [0.25, 0.3) is 0 Å². The Hall–Kier alpha value is -2.31. The summed E-state index contributed by atoms with van der Waals surface area (Å²) in [6.45, 7) is 0. The molecule has 0 unspecified atom stereocenters. The predicted octanol–water partition coefficient (Wildman–Crippen LogP) is 0.335. The van der Waals surface area contributed by atoms with E-state index in [9.17, 15) is 4.79 Å². The standard InChI is InChI=1S/C9H10N4O3/c1-15-7-4-3-5(8(14)16-2)11-6(4)12-9(10)13-7/h3H,1-2H3,(H3,10,11,12,13). The number of carbonyl (C=O) groups excluding carboxylic acids is 1. The third-order valence-electron chi connectivity index (χ3n) is 2.07. The van der Waals surface area contributed by atoms with Crippen LogP contribution in [0.1, 0.15) is 10.5 Å². The number of ether oxygens (including phenoxy) is 2. The fourth-order valence-corrected chi connectivity index (χ4v) is 1.37. The Morgan fingerprint density at radius 2 is 2.19 bits per heavy atom. The highest BCUT2D eigenvalue weighted by atomic mass is 16.5. The molecule has 3 N–H and O–H groups in total. The van der Waals surface area contributed by atoms with Crippen molar-refractivity contribution in [2.45, 2.75) is 0 Å². The lowest BCUT2D eigenvalue weighted by atomic mass is 10.3. The summed E-state index contributed by atoms with van der Waals surface area (Å²) in [5.41, 5.74) is 6.19. The minimum atomic E-state index is -0.487. The van der Waals surface area contributed by atoms with Crippen molar-refractivity contribution in [1.82, 2.24) is 15.0 Å². The van der Waals surface area contributed by atoms with Gasteiger partial charge in [0, 0.05) is 0 Å². The number of methoxy groups -OCH3 is 2. The third-order valence-corrected chi connectivity index (χ3v) is 2.07. The van der Waals surface area contributed by atoms with Crippen LogP contribution in [0, 0.1) is 0 Å². The molecule has 0 fully saturated rings. The number of nitrogen functional groups attached to an aromatic ring is 1. The van der Waals surface area contributed by atoms with Crippen molar-refractivity contribution in [2.75, 3.05) is 20.0 Å². The first-order valence-electron chi connectivity index (χ1n) is 4.44. The monoisotopic (exact) mass is 222 g/mol. The van der Waals surface area contributed by atoms with Crippen molar-refractivity contribution in [3.05, 3.63) is 11.8 Å². The molecule has 0 aliphatic heterocycles. The van der Waals surface area contributed by atoms with Crippen LogP contribution < -0.4 is 10.5 Å². The summed E-state index contributed by atoms with van der Waals surface area (Å²) < 4.78 is 9.61. The zero-order valence-corrected chi connectivity index (χ0v) is 8.77. The fourth-order valence-electron chi connectivity index (χ4n) is 1.37. The molecular formula is C9H10N4O3. The number of hydrogen-bond acceptors (Lipinski definition) is 6. The first kappa shape index (κ1) is 10.2. The molecule has 2 heterocycles. The summed E-state index contributed by atoms with van der Waals surface area (Å²) in [6, 6.07) is 1.56. The number of carbonyl (C=O) groups is 1. The highest BCUT2D eigenvalue weighted by Gasteiger charge is 2.14. The summed E-state index contributed by atoms with van der Waals surface area (Å²) in [5, 5.41) is 0.581. The summed E-state index contributed by atoms with van der Waals surface area (Å²) in [5.74, 6) is -0.102. The number of aromatic amines is 1. The number of aromatic nitrogens is 3. The second-order valence-corrected chi connectivity index (χ2v) is 3.03. The Morgan fingerprint density at radius 3 is 2.81 bits per heavy atom. The van der Waals surface area contributed by atoms with Crippen LogP contribution in [0.25, 0.3) is 11.0 Å². The number of anilines is 1. The summed E-state index contributed by atoms with van der Waals surface area (Å²) in [7, 11) is 2.76. The molecule has 7 heteroatoms. The number of hydrogen-bond donors (Lipinski definition) is 2. The highest BCUT2D eigenvalue weighted by Crippen LogP contribution is 2.23. The van der Waals surface area contributed by atoms with Gasteiger partial charge in [0.1, 0.15) is 11.3 Å². The Labute approximate surface area is 90.6 Å². The maximum Gasteiger partial charge on any atom is 0.354 e. The molecule has 16 heavy (non-hydrogen) atoms. The van der Waals surface area contributed by atoms with E-state index < -0.39 is 5.97 Å². The maximum absolute atomic E-state index is 11.3. The molecule has 0 amide bonds. The zero-order valence-electron chi connectivity index (χ0n) is 8.77. The minimum Gasteiger partial charge on any atom is -0.480 e. The van der Waals surface area contributed by atoms with Crippen molar-refractivity contribution in [3.63, 3.8) is 0 Å². The number of nitrogens with one attached hydrogen (secondary N) is 1. The molecule has 2 aromatic heterocycles. The van der Waals surface area contributed by atoms with Gasteiger partial charge in [0.15, 0.2) is 0 Å². The van der Waals surface area contributed by atoms with E-state index in [1.807, 2.05) is 0 Å². The molecule has 0 spiro atoms. The Kier molecular flexibility index (Phi) is 2.35. The van der Waals surface area contributed by atoms with E-state index in [1.54, 1.807) is 6.07 Å². The molecule has 84 valence electrons. The third kappa shape index (κ3) is 1.52. The Bertz CT molecular complexity index is 549. The molecule has 0 aromatic carbocycles. The van der Waals surface area contributed by atoms with E-state index in [0.29, 0.717) is 16.9 Å². The number of nitrogens with zero attached hydrogens (tertiary/aromatic N) is 2. The topological polar surface area (TPSA) is 103 Å². The second kappa shape index (κ2) is 3.69. The van der Waals surface area contributed by atoms with E-state index >= 15 is 0 Å². The molecule has 0 aliphatic carbocycles. The van der Waals surface area contributed by atoms with Crippen LogP contribution in [-0.4, -0.2) is 35.1 Å². The average molecular weight is 222 g/mol. The molecule has 0 aliphatic rings. The van der Waals surface area contributed by atoms with E-state index in [-0.39, 0.29) is 11.6 Å². The van der Waals surface area contributed by atoms with Gasteiger partial charge in [-0.25, -0.2) is 4.79 Å². The van der Waals surface area contributed by atoms with Gasteiger partial charge in [0.2, 0.25) is 11.8 Å². The lowest BCUT2D eigenvalue weighted by molar-refractivity contribution is 0.0595. The van der Waals surface area contributed by atoms with Crippen LogP contribution >= 0.6 is 0 Å². The largest absolute Gasteiger partial charge is 0.480 e. The van der Waals surface area contributed by atoms with Crippen LogP contribution in [0.2, 0.25) is 0 Å². The molecule has 0 saturated heterocycles. The lowest BCUT2D eigenvalue weighted by Gasteiger charge is -1.99. The number of fused-ring (bicyclic) bond motifs is 1. The van der Waals surface area contributed by atoms with Crippen molar-refractivity contribution in [3.8, 4) is 5.88 Å². The molecule has 7 nitrogen and oxygen atoms in total. The van der Waals surface area contributed by atoms with Gasteiger partial charge in [-0.05, 0) is 6.07 Å². The molecule has 2 rings (SSSR count). The second-order valence-electron chi connectivity index (χ2n) is 3.03. The molecule has 0 bridgehead atoms. The predicted molar refractivity (Wildman–Crippen MR) is 56.2 cm³/mol. The summed E-state index contributed by atoms with van der Waals surface area (Å²) in [4.78, 5) is 21.9. The van der Waals surface area contributed by atoms with Crippen molar-refractivity contribution >= 4 is 23.0 Å². The molecule has 2 aromatic rings. The van der Waals surface area contributed by atoms with Crippen molar-refractivity contribution < 1.29 is 14.3 Å². The summed E-state index contributed by atoms with van der Waals surface area (Å²) >= 11 is 0. The average Bonchev–Trinajstić information content (AvgIpc) is 2.70. The first-order valence-corrected chi connectivity index (χ1v) is 4.44. The smallest absolute Gasteiger partial charge is 0.354 e. The van der Waals surface area contributed by atoms with Gasteiger partial charge in [0.05, 0.1) is 19.6 Å². The van der Waals surface area contributed by atoms with Gasteiger partial charge >= 0.3 is 5.97 Å². The Morgan fingerprint density at radius 1 is 1.44 bits per heavy atom. The van der Waals surface area contributed by atoms with Gasteiger partial charge in [-0.15, -0.1) is 0 Å². The van der Waals surface area contributed by atoms with Crippen LogP contribution in [0.3, 0.4) is 0 Å².